The van der Waals surface area contributed by atoms with Gasteiger partial charge in [-0.15, -0.1) is 0 Å². The monoisotopic (exact) mass is 303 g/mol. The number of aromatic nitrogens is 1. The Kier molecular flexibility index (Phi) is 6.67. The summed E-state index contributed by atoms with van der Waals surface area (Å²) in [6.07, 6.45) is 2.66. The first-order chi connectivity index (χ1) is 9.40. The number of nitrogens with one attached hydrogen (secondary N) is 1. The van der Waals surface area contributed by atoms with Crippen LogP contribution in [0, 0.1) is 0 Å². The van der Waals surface area contributed by atoms with E-state index in [4.69, 9.17) is 10.5 Å². The molecule has 0 spiro atoms. The molecule has 20 heavy (non-hydrogen) atoms. The molecule has 6 nitrogen and oxygen atoms in total. The van der Waals surface area contributed by atoms with Gasteiger partial charge in [0.15, 0.2) is 0 Å². The molecule has 0 saturated carbocycles. The molecule has 0 atom stereocenters. The van der Waals surface area contributed by atoms with E-state index in [9.17, 15) is 8.42 Å². The van der Waals surface area contributed by atoms with Crippen LogP contribution in [0.1, 0.15) is 32.9 Å². The minimum Gasteiger partial charge on any atom is -0.377 e. The highest BCUT2D eigenvalue weighted by atomic mass is 32.2. The maximum absolute atomic E-state index is 12.1. The Morgan fingerprint density at radius 3 is 2.70 bits per heavy atom. The number of aryl methyl sites for hydroxylation is 1. The Morgan fingerprint density at radius 2 is 2.15 bits per heavy atom. The standard InChI is InChI=1S/C13H25N3O3S/c1-4-6-16-10-13(8-12(16)9-14)20(17,18)15-5-7-19-11(2)3/h8,10-11,15H,4-7,9,14H2,1-3H3. The van der Waals surface area contributed by atoms with Gasteiger partial charge in [0.05, 0.1) is 17.6 Å². The molecule has 0 aliphatic carbocycles. The van der Waals surface area contributed by atoms with Crippen molar-refractivity contribution in [2.45, 2.75) is 51.3 Å². The van der Waals surface area contributed by atoms with Gasteiger partial charge in [0.1, 0.15) is 0 Å². The van der Waals surface area contributed by atoms with Crippen LogP contribution >= 0.6 is 0 Å². The van der Waals surface area contributed by atoms with E-state index in [1.54, 1.807) is 12.3 Å². The maximum atomic E-state index is 12.1. The molecule has 1 aromatic rings. The molecule has 0 bridgehead atoms. The zero-order valence-corrected chi connectivity index (χ0v) is 13.2. The normalized spacial score (nSPS) is 12.2. The molecule has 0 aromatic carbocycles. The summed E-state index contributed by atoms with van der Waals surface area (Å²) in [6.45, 7) is 7.56. The first-order valence-corrected chi connectivity index (χ1v) is 8.39. The predicted molar refractivity (Wildman–Crippen MR) is 78.9 cm³/mol. The zero-order valence-electron chi connectivity index (χ0n) is 12.4. The Hall–Kier alpha value is -0.890. The van der Waals surface area contributed by atoms with E-state index < -0.39 is 10.0 Å². The average molecular weight is 303 g/mol. The van der Waals surface area contributed by atoms with Crippen molar-refractivity contribution in [1.29, 1.82) is 0 Å². The van der Waals surface area contributed by atoms with Crippen LogP contribution in [-0.4, -0.2) is 32.2 Å². The molecule has 0 fully saturated rings. The van der Waals surface area contributed by atoms with Crippen molar-refractivity contribution in [2.75, 3.05) is 13.2 Å². The third-order valence-corrected chi connectivity index (χ3v) is 4.22. The zero-order chi connectivity index (χ0) is 15.2. The molecule has 1 aromatic heterocycles. The minimum absolute atomic E-state index is 0.0917. The summed E-state index contributed by atoms with van der Waals surface area (Å²) >= 11 is 0. The fraction of sp³-hybridized carbons (Fsp3) is 0.692. The fourth-order valence-electron chi connectivity index (χ4n) is 1.85. The summed E-state index contributed by atoms with van der Waals surface area (Å²) in [7, 11) is -3.49. The molecular formula is C13H25N3O3S. The second-order valence-electron chi connectivity index (χ2n) is 4.88. The summed E-state index contributed by atoms with van der Waals surface area (Å²) in [4.78, 5) is 0.260. The van der Waals surface area contributed by atoms with Crippen molar-refractivity contribution in [3.63, 3.8) is 0 Å². The van der Waals surface area contributed by atoms with Crippen LogP contribution in [0.2, 0.25) is 0 Å². The van der Waals surface area contributed by atoms with Crippen LogP contribution in [0.15, 0.2) is 17.2 Å². The van der Waals surface area contributed by atoms with Crippen molar-refractivity contribution in [3.05, 3.63) is 18.0 Å². The van der Waals surface area contributed by atoms with Crippen molar-refractivity contribution in [1.82, 2.24) is 9.29 Å². The van der Waals surface area contributed by atoms with E-state index in [0.29, 0.717) is 13.2 Å². The van der Waals surface area contributed by atoms with Gasteiger partial charge in [0.25, 0.3) is 0 Å². The van der Waals surface area contributed by atoms with Gasteiger partial charge in [-0.2, -0.15) is 0 Å². The highest BCUT2D eigenvalue weighted by Crippen LogP contribution is 2.14. The van der Waals surface area contributed by atoms with Gasteiger partial charge in [0.2, 0.25) is 10.0 Å². The molecule has 1 heterocycles. The number of nitrogens with zero attached hydrogens (tertiary/aromatic N) is 1. The number of sulfonamides is 1. The van der Waals surface area contributed by atoms with Crippen LogP contribution in [0.5, 0.6) is 0 Å². The summed E-state index contributed by atoms with van der Waals surface area (Å²) in [5.74, 6) is 0. The number of nitrogens with two attached hydrogens (primary N) is 1. The quantitative estimate of drug-likeness (QED) is 0.668. The second kappa shape index (κ2) is 7.78. The van der Waals surface area contributed by atoms with Gasteiger partial charge in [-0.1, -0.05) is 6.92 Å². The van der Waals surface area contributed by atoms with E-state index >= 15 is 0 Å². The van der Waals surface area contributed by atoms with Crippen molar-refractivity contribution >= 4 is 10.0 Å². The molecule has 116 valence electrons. The highest BCUT2D eigenvalue weighted by Gasteiger charge is 2.17. The van der Waals surface area contributed by atoms with Gasteiger partial charge in [-0.3, -0.25) is 0 Å². The van der Waals surface area contributed by atoms with Crippen molar-refractivity contribution in [2.24, 2.45) is 5.73 Å². The summed E-state index contributed by atoms with van der Waals surface area (Å²) in [5, 5.41) is 0. The highest BCUT2D eigenvalue weighted by molar-refractivity contribution is 7.89. The molecule has 3 N–H and O–H groups in total. The molecule has 0 radical (unpaired) electrons. The summed E-state index contributed by atoms with van der Waals surface area (Å²) in [5.41, 5.74) is 6.46. The fourth-order valence-corrected chi connectivity index (χ4v) is 2.92. The Labute approximate surface area is 121 Å². The van der Waals surface area contributed by atoms with Gasteiger partial charge in [0, 0.05) is 31.5 Å². The number of ether oxygens (including phenoxy) is 1. The minimum atomic E-state index is -3.49. The predicted octanol–water partition coefficient (Wildman–Crippen LogP) is 1.06. The molecule has 0 amide bonds. The molecule has 0 saturated heterocycles. The van der Waals surface area contributed by atoms with Crippen LogP contribution in [0.4, 0.5) is 0 Å². The Bertz CT molecular complexity index is 509. The largest absolute Gasteiger partial charge is 0.377 e. The SMILES string of the molecule is CCCn1cc(S(=O)(=O)NCCOC(C)C)cc1CN. The maximum Gasteiger partial charge on any atom is 0.242 e. The Balaban J connectivity index is 2.71. The van der Waals surface area contributed by atoms with Crippen molar-refractivity contribution < 1.29 is 13.2 Å². The molecule has 7 heteroatoms. The lowest BCUT2D eigenvalue weighted by Crippen LogP contribution is -2.28. The van der Waals surface area contributed by atoms with E-state index in [1.807, 2.05) is 25.3 Å². The van der Waals surface area contributed by atoms with Gasteiger partial charge in [-0.05, 0) is 26.3 Å². The van der Waals surface area contributed by atoms with E-state index in [1.165, 1.54) is 0 Å². The molecule has 0 unspecified atom stereocenters. The first kappa shape index (κ1) is 17.2. The lowest BCUT2D eigenvalue weighted by molar-refractivity contribution is 0.0834. The van der Waals surface area contributed by atoms with Crippen molar-refractivity contribution in [3.8, 4) is 0 Å². The number of hydrogen-bond donors (Lipinski definition) is 2. The topological polar surface area (TPSA) is 86.3 Å². The van der Waals surface area contributed by atoms with E-state index in [2.05, 4.69) is 4.72 Å². The van der Waals surface area contributed by atoms with E-state index in [-0.39, 0.29) is 17.5 Å². The summed E-state index contributed by atoms with van der Waals surface area (Å²) < 4.78 is 34.0. The second-order valence-corrected chi connectivity index (χ2v) is 6.65. The van der Waals surface area contributed by atoms with Gasteiger partial charge < -0.3 is 15.0 Å². The van der Waals surface area contributed by atoms with E-state index in [0.717, 1.165) is 18.7 Å². The van der Waals surface area contributed by atoms with Gasteiger partial charge in [-0.25, -0.2) is 13.1 Å². The summed E-state index contributed by atoms with van der Waals surface area (Å²) in [6, 6.07) is 1.63. The Morgan fingerprint density at radius 1 is 1.45 bits per heavy atom. The lowest BCUT2D eigenvalue weighted by Gasteiger charge is -2.08. The average Bonchev–Trinajstić information content (AvgIpc) is 2.79. The third kappa shape index (κ3) is 4.90. The molecule has 0 aliphatic rings. The lowest BCUT2D eigenvalue weighted by atomic mass is 10.4. The van der Waals surface area contributed by atoms with Gasteiger partial charge >= 0.3 is 0 Å². The molecule has 1 rings (SSSR count). The number of hydrogen-bond acceptors (Lipinski definition) is 4. The van der Waals surface area contributed by atoms with Crippen LogP contribution < -0.4 is 10.5 Å². The molecule has 0 aliphatic heterocycles. The third-order valence-electron chi connectivity index (χ3n) is 2.79. The molecular weight excluding hydrogens is 278 g/mol. The smallest absolute Gasteiger partial charge is 0.242 e. The van der Waals surface area contributed by atoms with Crippen LogP contribution in [0.3, 0.4) is 0 Å². The number of rotatable bonds is 9. The van der Waals surface area contributed by atoms with Crippen LogP contribution in [0.25, 0.3) is 0 Å². The van der Waals surface area contributed by atoms with Crippen LogP contribution in [-0.2, 0) is 27.8 Å². The first-order valence-electron chi connectivity index (χ1n) is 6.91.